The zero-order valence-corrected chi connectivity index (χ0v) is 13.3. The van der Waals surface area contributed by atoms with Gasteiger partial charge in [-0.25, -0.2) is 9.97 Å². The molecule has 2 aromatic rings. The number of nitrogens with zero attached hydrogens (tertiary/aromatic N) is 3. The van der Waals surface area contributed by atoms with E-state index in [1.807, 2.05) is 44.1 Å². The number of rotatable bonds is 6. The third kappa shape index (κ3) is 4.28. The van der Waals surface area contributed by atoms with Crippen molar-refractivity contribution in [3.8, 4) is 0 Å². The molecule has 1 aromatic heterocycles. The molecule has 1 amide bonds. The molecule has 1 heterocycles. The number of hydrogen-bond donors (Lipinski definition) is 1. The van der Waals surface area contributed by atoms with Gasteiger partial charge in [-0.2, -0.15) is 0 Å². The topological polar surface area (TPSA) is 58.1 Å². The highest BCUT2D eigenvalue weighted by molar-refractivity contribution is 5.94. The lowest BCUT2D eigenvalue weighted by Gasteiger charge is -2.12. The molecule has 1 N–H and O–H groups in total. The number of hydrogen-bond acceptors (Lipinski definition) is 4. The summed E-state index contributed by atoms with van der Waals surface area (Å²) >= 11 is 0. The highest BCUT2D eigenvalue weighted by Crippen LogP contribution is 2.09. The lowest BCUT2D eigenvalue weighted by atomic mass is 10.1. The summed E-state index contributed by atoms with van der Waals surface area (Å²) in [5, 5.41) is 2.93. The molecular weight excluding hydrogens is 276 g/mol. The number of carbonyl (C=O) groups excluding carboxylic acids is 1. The largest absolute Gasteiger partial charge is 0.352 e. The third-order valence-corrected chi connectivity index (χ3v) is 3.38. The highest BCUT2D eigenvalue weighted by atomic mass is 16.1. The van der Waals surface area contributed by atoms with Crippen LogP contribution in [-0.4, -0.2) is 36.5 Å². The van der Waals surface area contributed by atoms with Crippen LogP contribution in [0.1, 0.15) is 28.0 Å². The van der Waals surface area contributed by atoms with Gasteiger partial charge < -0.3 is 10.2 Å². The summed E-state index contributed by atoms with van der Waals surface area (Å²) < 4.78 is 0. The molecule has 0 unspecified atom stereocenters. The molecule has 0 spiro atoms. The van der Waals surface area contributed by atoms with Crippen LogP contribution in [-0.2, 0) is 6.42 Å². The van der Waals surface area contributed by atoms with Crippen molar-refractivity contribution in [2.75, 3.05) is 25.5 Å². The molecule has 116 valence electrons. The van der Waals surface area contributed by atoms with E-state index in [9.17, 15) is 4.79 Å². The molecule has 0 bridgehead atoms. The van der Waals surface area contributed by atoms with E-state index >= 15 is 0 Å². The van der Waals surface area contributed by atoms with Crippen molar-refractivity contribution in [1.82, 2.24) is 15.3 Å². The Morgan fingerprint density at radius 1 is 1.23 bits per heavy atom. The Morgan fingerprint density at radius 3 is 2.59 bits per heavy atom. The number of amides is 1. The van der Waals surface area contributed by atoms with Crippen LogP contribution >= 0.6 is 0 Å². The van der Waals surface area contributed by atoms with Crippen LogP contribution in [0.15, 0.2) is 36.5 Å². The van der Waals surface area contributed by atoms with Crippen LogP contribution in [0.5, 0.6) is 0 Å². The van der Waals surface area contributed by atoms with Crippen molar-refractivity contribution >= 4 is 11.9 Å². The molecular formula is C17H22N4O. The molecule has 2 rings (SSSR count). The molecule has 0 aliphatic rings. The first-order valence-corrected chi connectivity index (χ1v) is 7.41. The van der Waals surface area contributed by atoms with Crippen LogP contribution < -0.4 is 10.2 Å². The van der Waals surface area contributed by atoms with Crippen LogP contribution in [0.3, 0.4) is 0 Å². The lowest BCUT2D eigenvalue weighted by Crippen LogP contribution is -2.26. The van der Waals surface area contributed by atoms with Crippen molar-refractivity contribution in [1.29, 1.82) is 0 Å². The van der Waals surface area contributed by atoms with Gasteiger partial charge in [0.25, 0.3) is 5.91 Å². The average molecular weight is 298 g/mol. The van der Waals surface area contributed by atoms with Gasteiger partial charge in [-0.1, -0.05) is 30.3 Å². The second-order valence-corrected chi connectivity index (χ2v) is 5.41. The lowest BCUT2D eigenvalue weighted by molar-refractivity contribution is 0.0952. The Hall–Kier alpha value is -2.43. The summed E-state index contributed by atoms with van der Waals surface area (Å²) in [5.41, 5.74) is 2.51. The van der Waals surface area contributed by atoms with Gasteiger partial charge in [0.15, 0.2) is 0 Å². The second-order valence-electron chi connectivity index (χ2n) is 5.41. The Kier molecular flexibility index (Phi) is 5.47. The molecule has 0 aliphatic heterocycles. The van der Waals surface area contributed by atoms with E-state index in [1.165, 1.54) is 5.56 Å². The smallest absolute Gasteiger partial charge is 0.254 e. The van der Waals surface area contributed by atoms with Crippen molar-refractivity contribution < 1.29 is 4.79 Å². The van der Waals surface area contributed by atoms with Crippen LogP contribution in [0.4, 0.5) is 5.95 Å². The molecule has 0 saturated carbocycles. The third-order valence-electron chi connectivity index (χ3n) is 3.38. The SMILES string of the molecule is Cc1nc(N(C)C)ncc1C(=O)NCCCc1ccccc1. The van der Waals surface area contributed by atoms with E-state index < -0.39 is 0 Å². The minimum Gasteiger partial charge on any atom is -0.352 e. The predicted octanol–water partition coefficient (Wildman–Crippen LogP) is 2.21. The molecule has 0 saturated heterocycles. The first-order valence-electron chi connectivity index (χ1n) is 7.41. The van der Waals surface area contributed by atoms with E-state index in [4.69, 9.17) is 0 Å². The van der Waals surface area contributed by atoms with Gasteiger partial charge in [0.2, 0.25) is 5.95 Å². The van der Waals surface area contributed by atoms with E-state index in [1.54, 1.807) is 6.20 Å². The second kappa shape index (κ2) is 7.54. The van der Waals surface area contributed by atoms with Gasteiger partial charge in [0.1, 0.15) is 0 Å². The van der Waals surface area contributed by atoms with Crippen LogP contribution in [0, 0.1) is 6.92 Å². The van der Waals surface area contributed by atoms with Crippen molar-refractivity contribution in [3.63, 3.8) is 0 Å². The maximum atomic E-state index is 12.2. The maximum Gasteiger partial charge on any atom is 0.254 e. The van der Waals surface area contributed by atoms with Gasteiger partial charge in [0, 0.05) is 26.8 Å². The van der Waals surface area contributed by atoms with Gasteiger partial charge in [-0.15, -0.1) is 0 Å². The number of benzene rings is 1. The summed E-state index contributed by atoms with van der Waals surface area (Å²) in [5.74, 6) is 0.494. The van der Waals surface area contributed by atoms with Gasteiger partial charge in [-0.05, 0) is 25.3 Å². The Morgan fingerprint density at radius 2 is 1.95 bits per heavy atom. The number of aromatic nitrogens is 2. The maximum absolute atomic E-state index is 12.2. The summed E-state index contributed by atoms with van der Waals surface area (Å²) in [6.07, 6.45) is 3.45. The van der Waals surface area contributed by atoms with Crippen molar-refractivity contribution in [2.24, 2.45) is 0 Å². The molecule has 22 heavy (non-hydrogen) atoms. The van der Waals surface area contributed by atoms with Crippen LogP contribution in [0.2, 0.25) is 0 Å². The van der Waals surface area contributed by atoms with Gasteiger partial charge in [0.05, 0.1) is 11.3 Å². The van der Waals surface area contributed by atoms with Gasteiger partial charge in [-0.3, -0.25) is 4.79 Å². The molecule has 0 radical (unpaired) electrons. The number of nitrogens with one attached hydrogen (secondary N) is 1. The van der Waals surface area contributed by atoms with Gasteiger partial charge >= 0.3 is 0 Å². The minimum atomic E-state index is -0.115. The molecule has 0 atom stereocenters. The summed E-state index contributed by atoms with van der Waals surface area (Å²) in [4.78, 5) is 22.5. The molecule has 5 heteroatoms. The molecule has 0 fully saturated rings. The summed E-state index contributed by atoms with van der Waals surface area (Å²) in [6.45, 7) is 2.47. The fraction of sp³-hybridized carbons (Fsp3) is 0.353. The van der Waals surface area contributed by atoms with E-state index in [0.717, 1.165) is 12.8 Å². The highest BCUT2D eigenvalue weighted by Gasteiger charge is 2.11. The monoisotopic (exact) mass is 298 g/mol. The predicted molar refractivity (Wildman–Crippen MR) is 88.2 cm³/mol. The van der Waals surface area contributed by atoms with E-state index in [-0.39, 0.29) is 5.91 Å². The molecule has 5 nitrogen and oxygen atoms in total. The first kappa shape index (κ1) is 15.9. The number of carbonyl (C=O) groups is 1. The van der Waals surface area contributed by atoms with Crippen molar-refractivity contribution in [3.05, 3.63) is 53.3 Å². The average Bonchev–Trinajstić information content (AvgIpc) is 2.52. The Bertz CT molecular complexity index is 626. The minimum absolute atomic E-state index is 0.115. The Labute approximate surface area is 131 Å². The number of aryl methyl sites for hydroxylation is 2. The zero-order valence-electron chi connectivity index (χ0n) is 13.3. The fourth-order valence-corrected chi connectivity index (χ4v) is 2.13. The quantitative estimate of drug-likeness (QED) is 0.831. The standard InChI is InChI=1S/C17H22N4O/c1-13-15(12-19-17(20-13)21(2)3)16(22)18-11-7-10-14-8-5-4-6-9-14/h4-6,8-9,12H,7,10-11H2,1-3H3,(H,18,22). The normalized spacial score (nSPS) is 10.3. The van der Waals surface area contributed by atoms with Crippen LogP contribution in [0.25, 0.3) is 0 Å². The fourth-order valence-electron chi connectivity index (χ4n) is 2.13. The first-order chi connectivity index (χ1) is 10.6. The summed E-state index contributed by atoms with van der Waals surface area (Å²) in [7, 11) is 3.75. The van der Waals surface area contributed by atoms with Crippen molar-refractivity contribution in [2.45, 2.75) is 19.8 Å². The zero-order chi connectivity index (χ0) is 15.9. The van der Waals surface area contributed by atoms with E-state index in [0.29, 0.717) is 23.8 Å². The summed E-state index contributed by atoms with van der Waals surface area (Å²) in [6, 6.07) is 10.3. The molecule has 0 aliphatic carbocycles. The van der Waals surface area contributed by atoms with E-state index in [2.05, 4.69) is 27.4 Å². The Balaban J connectivity index is 1.85. The number of anilines is 1. The molecule has 1 aromatic carbocycles.